The quantitative estimate of drug-likeness (QED) is 0.0657. The second-order valence-corrected chi connectivity index (χ2v) is 21.2. The Labute approximate surface area is 519 Å². The first-order chi connectivity index (χ1) is 40.0. The van der Waals surface area contributed by atoms with Crippen molar-refractivity contribution in [3.63, 3.8) is 0 Å². The standard InChI is InChI=1S/2C34H34N4O4.2Fe/c2*1-7-21-17(3)25-13-26-19(5)23(9-11-33(39)40)31(37-26)16-32-24(10-12-34(41)42)20(6)28(38-32)15-30-22(8-2)18(4)27(36-30)14-29(21)35-25;;/h2*7-8,13-16H,1-2,9-12H2,3-6H3,(H4,35,36,37,38,39,40,41,42);;/q;;2*+2/p-4. The molecule has 0 aliphatic carbocycles. The zero-order chi connectivity index (χ0) is 60.6. The summed E-state index contributed by atoms with van der Waals surface area (Å²) >= 11 is 0. The van der Waals surface area contributed by atoms with Crippen LogP contribution in [0.5, 0.6) is 0 Å². The van der Waals surface area contributed by atoms with Crippen LogP contribution in [-0.2, 0) is 66.2 Å². The van der Waals surface area contributed by atoms with Crippen molar-refractivity contribution in [2.24, 2.45) is 0 Å². The van der Waals surface area contributed by atoms with Gasteiger partial charge in [0.1, 0.15) is 0 Å². The monoisotopic (exact) mass is 1230 g/mol. The number of aromatic nitrogens is 8. The number of hydrogen-bond acceptors (Lipinski definition) is 8. The van der Waals surface area contributed by atoms with Crippen molar-refractivity contribution in [2.75, 3.05) is 0 Å². The average molecular weight is 1230 g/mol. The molecule has 0 saturated heterocycles. The molecule has 86 heavy (non-hydrogen) atoms. The summed E-state index contributed by atoms with van der Waals surface area (Å²) < 4.78 is 0. The molecule has 4 aliphatic rings. The van der Waals surface area contributed by atoms with Gasteiger partial charge in [0.25, 0.3) is 0 Å². The molecule has 0 unspecified atom stereocenters. The van der Waals surface area contributed by atoms with Crippen LogP contribution < -0.4 is 19.9 Å². The minimum atomic E-state index is -0.898. The van der Waals surface area contributed by atoms with Gasteiger partial charge in [0.15, 0.2) is 0 Å². The normalized spacial score (nSPS) is 12.7. The summed E-state index contributed by atoms with van der Waals surface area (Å²) in [4.78, 5) is 85.5. The van der Waals surface area contributed by atoms with Gasteiger partial charge in [0.05, 0.1) is 45.6 Å². The number of allylic oxidation sites excluding steroid dienone is 10. The Kier molecular flexibility index (Phi) is 20.0. The smallest absolute Gasteiger partial charge is 0.657 e. The maximum Gasteiger partial charge on any atom is 2.00 e. The Balaban J connectivity index is 0.000000240. The van der Waals surface area contributed by atoms with Crippen molar-refractivity contribution in [1.29, 1.82) is 0 Å². The third-order valence-corrected chi connectivity index (χ3v) is 16.1. The zero-order valence-corrected chi connectivity index (χ0v) is 51.3. The number of rotatable bonds is 16. The van der Waals surface area contributed by atoms with Crippen LogP contribution in [0.25, 0.3) is 101 Å². The molecule has 0 atom stereocenters. The van der Waals surface area contributed by atoms with Gasteiger partial charge in [0, 0.05) is 36.8 Å². The Hall–Kier alpha value is -8.92. The molecule has 18 heteroatoms. The van der Waals surface area contributed by atoms with Crippen LogP contribution >= 0.6 is 0 Å². The molecule has 0 radical (unpaired) electrons. The van der Waals surface area contributed by atoms with E-state index in [1.165, 1.54) is 0 Å². The fourth-order valence-corrected chi connectivity index (χ4v) is 11.2. The van der Waals surface area contributed by atoms with Crippen molar-refractivity contribution < 1.29 is 73.7 Å². The minimum Gasteiger partial charge on any atom is -0.657 e. The predicted octanol–water partition coefficient (Wildman–Crippen LogP) is 13.5. The predicted molar refractivity (Wildman–Crippen MR) is 333 cm³/mol. The van der Waals surface area contributed by atoms with Crippen molar-refractivity contribution >= 4 is 125 Å². The van der Waals surface area contributed by atoms with Gasteiger partial charge in [-0.3, -0.25) is 19.2 Å². The minimum absolute atomic E-state index is 0. The van der Waals surface area contributed by atoms with Crippen molar-refractivity contribution in [3.8, 4) is 0 Å². The molecule has 440 valence electrons. The van der Waals surface area contributed by atoms with Crippen LogP contribution in [0.3, 0.4) is 0 Å². The first-order valence-corrected chi connectivity index (χ1v) is 27.5. The van der Waals surface area contributed by atoms with Gasteiger partial charge in [0.2, 0.25) is 0 Å². The van der Waals surface area contributed by atoms with E-state index >= 15 is 0 Å². The van der Waals surface area contributed by atoms with Crippen LogP contribution in [0.4, 0.5) is 0 Å². The van der Waals surface area contributed by atoms with Gasteiger partial charge >= 0.3 is 58.0 Å². The molecule has 6 aromatic heterocycles. The maximum atomic E-state index is 11.5. The molecule has 16 bridgehead atoms. The van der Waals surface area contributed by atoms with E-state index in [0.717, 1.165) is 123 Å². The van der Waals surface area contributed by atoms with Crippen molar-refractivity contribution in [2.45, 2.75) is 107 Å². The fraction of sp³-hybridized carbons (Fsp3) is 0.235. The number of fused-ring (bicyclic) bond motifs is 16. The number of nitrogens with zero attached hydrogens (tertiary/aromatic N) is 8. The van der Waals surface area contributed by atoms with Gasteiger partial charge < -0.3 is 40.4 Å². The van der Waals surface area contributed by atoms with Crippen LogP contribution in [0.2, 0.25) is 0 Å². The van der Waals surface area contributed by atoms with Gasteiger partial charge in [-0.2, -0.15) is 0 Å². The Morgan fingerprint density at radius 2 is 0.628 bits per heavy atom. The largest absolute Gasteiger partial charge is 2.00 e. The number of aliphatic carboxylic acids is 4. The molecule has 4 aliphatic heterocycles. The van der Waals surface area contributed by atoms with E-state index in [-0.39, 0.29) is 59.8 Å². The summed E-state index contributed by atoms with van der Waals surface area (Å²) in [6, 6.07) is 15.2. The molecule has 6 aromatic rings. The molecular weight excluding hydrogens is 1170 g/mol. The van der Waals surface area contributed by atoms with E-state index < -0.39 is 23.9 Å². The van der Waals surface area contributed by atoms with E-state index in [9.17, 15) is 39.6 Å². The topological polar surface area (TPSA) is 257 Å². The summed E-state index contributed by atoms with van der Waals surface area (Å²) in [5, 5.41) is 37.8. The number of carbonyl (C=O) groups is 4. The van der Waals surface area contributed by atoms with Crippen LogP contribution in [-0.4, -0.2) is 64.2 Å². The van der Waals surface area contributed by atoms with Gasteiger partial charge in [-0.05, 0) is 126 Å². The number of carboxylic acid groups (broad SMARTS) is 4. The van der Waals surface area contributed by atoms with Crippen molar-refractivity contribution in [3.05, 3.63) is 177 Å². The van der Waals surface area contributed by atoms with E-state index in [4.69, 9.17) is 39.9 Å². The Morgan fingerprint density at radius 3 is 0.953 bits per heavy atom. The van der Waals surface area contributed by atoms with Gasteiger partial charge in [-0.1, -0.05) is 133 Å². The number of hydrogen-bond donors (Lipinski definition) is 4. The third-order valence-electron chi connectivity index (χ3n) is 16.1. The maximum absolute atomic E-state index is 11.5. The molecular formula is C68H64Fe2N8O8. The first kappa shape index (κ1) is 64.6. The van der Waals surface area contributed by atoms with Gasteiger partial charge in [-0.25, -0.2) is 19.9 Å². The van der Waals surface area contributed by atoms with E-state index in [1.54, 1.807) is 24.3 Å². The van der Waals surface area contributed by atoms with Crippen LogP contribution in [0.15, 0.2) is 87.0 Å². The van der Waals surface area contributed by atoms with E-state index in [2.05, 4.69) is 26.3 Å². The Bertz CT molecular complexity index is 4130. The van der Waals surface area contributed by atoms with Crippen molar-refractivity contribution in [1.82, 2.24) is 39.9 Å². The summed E-state index contributed by atoms with van der Waals surface area (Å²) in [5.41, 5.74) is 25.2. The molecule has 0 fully saturated rings. The molecule has 10 rings (SSSR count). The molecule has 0 spiro atoms. The second kappa shape index (κ2) is 26.6. The molecule has 10 heterocycles. The SMILES string of the molecule is C=CC1=C(C)c2cc3[n-]c(cc4nc(cc5[n-]c(cc1n2)c(C)c5C=C)C(C)=C4CCC(=O)O)c(CCC(=O)O)c3C.C=CC1=C(C)c2cc3[n-]c(cc4nc(cc5[n-]c(cc1n2)c(C)c5C=C)C(C)=C4CCC(=O)O)c(CCC(=O)O)c3C.[Fe+2].[Fe+2]. The molecule has 0 saturated carbocycles. The fourth-order valence-electron chi connectivity index (χ4n) is 11.2. The zero-order valence-electron chi connectivity index (χ0n) is 49.1. The molecule has 16 nitrogen and oxygen atoms in total. The van der Waals surface area contributed by atoms with Crippen LogP contribution in [0.1, 0.15) is 156 Å². The first-order valence-electron chi connectivity index (χ1n) is 27.5. The molecule has 4 N–H and O–H groups in total. The third kappa shape index (κ3) is 12.8. The average Bonchev–Trinajstić information content (AvgIpc) is 2.37. The summed E-state index contributed by atoms with van der Waals surface area (Å²) in [5.74, 6) is -3.59. The van der Waals surface area contributed by atoms with E-state index in [0.29, 0.717) is 81.6 Å². The summed E-state index contributed by atoms with van der Waals surface area (Å²) in [6.07, 6.45) is 8.12. The number of carboxylic acids is 4. The molecule has 0 aromatic carbocycles. The molecule has 0 amide bonds. The van der Waals surface area contributed by atoms with E-state index in [1.807, 2.05) is 104 Å². The second-order valence-electron chi connectivity index (χ2n) is 21.2. The van der Waals surface area contributed by atoms with Crippen LogP contribution in [0, 0.1) is 27.7 Å². The Morgan fingerprint density at radius 1 is 0.360 bits per heavy atom. The summed E-state index contributed by atoms with van der Waals surface area (Å²) in [6.45, 7) is 31.8. The summed E-state index contributed by atoms with van der Waals surface area (Å²) in [7, 11) is 0. The number of aryl methyl sites for hydroxylation is 6. The van der Waals surface area contributed by atoms with Gasteiger partial charge in [-0.15, -0.1) is 44.1 Å².